The Bertz CT molecular complexity index is 775. The first kappa shape index (κ1) is 18.6. The summed E-state index contributed by atoms with van der Waals surface area (Å²) in [6.07, 6.45) is 0. The molecule has 1 saturated heterocycles. The van der Waals surface area contributed by atoms with E-state index in [0.717, 1.165) is 7.14 Å². The molecule has 3 rings (SSSR count). The minimum absolute atomic E-state index is 0.00618. The van der Waals surface area contributed by atoms with E-state index in [0.29, 0.717) is 30.8 Å². The first-order valence-electron chi connectivity index (χ1n) is 8.07. The van der Waals surface area contributed by atoms with Gasteiger partial charge in [-0.05, 0) is 101 Å². The molecule has 1 heterocycles. The lowest BCUT2D eigenvalue weighted by Crippen LogP contribution is -2.55. The predicted molar refractivity (Wildman–Crippen MR) is 115 cm³/mol. The van der Waals surface area contributed by atoms with Gasteiger partial charge in [0.2, 0.25) is 0 Å². The first-order valence-corrected chi connectivity index (χ1v) is 10.2. The van der Waals surface area contributed by atoms with Gasteiger partial charge >= 0.3 is 0 Å². The Kier molecular flexibility index (Phi) is 5.98. The number of rotatable bonds is 2. The van der Waals surface area contributed by atoms with Crippen LogP contribution in [0.25, 0.3) is 0 Å². The molecule has 1 atom stereocenters. The van der Waals surface area contributed by atoms with Gasteiger partial charge in [0, 0.05) is 43.9 Å². The van der Waals surface area contributed by atoms with Gasteiger partial charge in [-0.2, -0.15) is 0 Å². The van der Waals surface area contributed by atoms with E-state index in [1.807, 2.05) is 65.3 Å². The van der Waals surface area contributed by atoms with Gasteiger partial charge < -0.3 is 9.80 Å². The summed E-state index contributed by atoms with van der Waals surface area (Å²) in [6, 6.07) is 15.2. The van der Waals surface area contributed by atoms with E-state index in [4.69, 9.17) is 0 Å². The van der Waals surface area contributed by atoms with E-state index in [9.17, 15) is 9.59 Å². The van der Waals surface area contributed by atoms with Crippen LogP contribution in [0.2, 0.25) is 0 Å². The lowest BCUT2D eigenvalue weighted by molar-refractivity contribution is 0.0414. The highest BCUT2D eigenvalue weighted by molar-refractivity contribution is 14.1. The highest BCUT2D eigenvalue weighted by atomic mass is 127. The number of hydrogen-bond donors (Lipinski definition) is 0. The highest BCUT2D eigenvalue weighted by Crippen LogP contribution is 2.17. The third kappa shape index (κ3) is 4.33. The minimum Gasteiger partial charge on any atom is -0.335 e. The molecule has 2 aromatic rings. The van der Waals surface area contributed by atoms with Crippen LogP contribution in [0.4, 0.5) is 0 Å². The van der Waals surface area contributed by atoms with E-state index in [1.54, 1.807) is 0 Å². The van der Waals surface area contributed by atoms with Crippen molar-refractivity contribution in [3.63, 3.8) is 0 Å². The molecule has 1 unspecified atom stereocenters. The number of carbonyl (C=O) groups is 2. The van der Waals surface area contributed by atoms with Crippen LogP contribution < -0.4 is 0 Å². The second-order valence-corrected chi connectivity index (χ2v) is 8.60. The van der Waals surface area contributed by atoms with Crippen molar-refractivity contribution in [1.82, 2.24) is 9.80 Å². The zero-order valence-corrected chi connectivity index (χ0v) is 18.1. The van der Waals surface area contributed by atoms with E-state index >= 15 is 0 Å². The van der Waals surface area contributed by atoms with Gasteiger partial charge in [-0.15, -0.1) is 0 Å². The Labute approximate surface area is 174 Å². The average Bonchev–Trinajstić information content (AvgIpc) is 2.62. The monoisotopic (exact) mass is 560 g/mol. The van der Waals surface area contributed by atoms with E-state index in [2.05, 4.69) is 45.2 Å². The maximum Gasteiger partial charge on any atom is 0.254 e. The molecule has 130 valence electrons. The van der Waals surface area contributed by atoms with Crippen molar-refractivity contribution in [3.8, 4) is 0 Å². The Morgan fingerprint density at radius 3 is 1.80 bits per heavy atom. The minimum atomic E-state index is -0.00618. The number of piperazine rings is 1. The SMILES string of the molecule is CC1CN(C(=O)c2ccc(I)cc2)CCN1C(=O)c1ccc(I)cc1. The second kappa shape index (κ2) is 8.03. The molecule has 0 spiro atoms. The Hall–Kier alpha value is -1.16. The smallest absolute Gasteiger partial charge is 0.254 e. The molecular weight excluding hydrogens is 542 g/mol. The molecule has 1 aliphatic rings. The summed E-state index contributed by atoms with van der Waals surface area (Å²) >= 11 is 4.45. The zero-order chi connectivity index (χ0) is 18.0. The second-order valence-electron chi connectivity index (χ2n) is 6.11. The molecule has 0 aliphatic carbocycles. The normalized spacial score (nSPS) is 17.5. The summed E-state index contributed by atoms with van der Waals surface area (Å²) in [6.45, 7) is 3.67. The zero-order valence-electron chi connectivity index (χ0n) is 13.8. The van der Waals surface area contributed by atoms with Crippen LogP contribution in [0.1, 0.15) is 27.6 Å². The number of halogens is 2. The van der Waals surface area contributed by atoms with Crippen LogP contribution in [0.15, 0.2) is 48.5 Å². The fraction of sp³-hybridized carbons (Fsp3) is 0.263. The quantitative estimate of drug-likeness (QED) is 0.524. The molecule has 1 fully saturated rings. The molecule has 1 aliphatic heterocycles. The van der Waals surface area contributed by atoms with Crippen molar-refractivity contribution >= 4 is 57.0 Å². The van der Waals surface area contributed by atoms with Crippen LogP contribution in [-0.4, -0.2) is 47.3 Å². The molecule has 2 aromatic carbocycles. The van der Waals surface area contributed by atoms with Gasteiger partial charge in [-0.1, -0.05) is 0 Å². The van der Waals surface area contributed by atoms with Crippen LogP contribution in [0.3, 0.4) is 0 Å². The molecule has 2 amide bonds. The van der Waals surface area contributed by atoms with Crippen LogP contribution in [-0.2, 0) is 0 Å². The van der Waals surface area contributed by atoms with Gasteiger partial charge in [0.15, 0.2) is 0 Å². The van der Waals surface area contributed by atoms with Crippen molar-refractivity contribution in [2.24, 2.45) is 0 Å². The average molecular weight is 560 g/mol. The number of nitrogens with zero attached hydrogens (tertiary/aromatic N) is 2. The largest absolute Gasteiger partial charge is 0.335 e. The summed E-state index contributed by atoms with van der Waals surface area (Å²) < 4.78 is 2.21. The summed E-state index contributed by atoms with van der Waals surface area (Å²) in [5, 5.41) is 0. The number of benzene rings is 2. The maximum absolute atomic E-state index is 12.7. The van der Waals surface area contributed by atoms with E-state index < -0.39 is 0 Å². The van der Waals surface area contributed by atoms with Crippen molar-refractivity contribution < 1.29 is 9.59 Å². The fourth-order valence-corrected chi connectivity index (χ4v) is 3.70. The lowest BCUT2D eigenvalue weighted by atomic mass is 10.1. The summed E-state index contributed by atoms with van der Waals surface area (Å²) in [4.78, 5) is 29.1. The molecule has 0 N–H and O–H groups in total. The molecule has 0 radical (unpaired) electrons. The number of hydrogen-bond acceptors (Lipinski definition) is 2. The highest BCUT2D eigenvalue weighted by Gasteiger charge is 2.30. The maximum atomic E-state index is 12.7. The van der Waals surface area contributed by atoms with Crippen molar-refractivity contribution in [2.45, 2.75) is 13.0 Å². The Morgan fingerprint density at radius 2 is 1.32 bits per heavy atom. The van der Waals surface area contributed by atoms with Crippen LogP contribution in [0, 0.1) is 7.14 Å². The molecule has 0 bridgehead atoms. The third-order valence-electron chi connectivity index (χ3n) is 4.36. The Morgan fingerprint density at radius 1 is 0.840 bits per heavy atom. The van der Waals surface area contributed by atoms with Crippen LogP contribution in [0.5, 0.6) is 0 Å². The summed E-state index contributed by atoms with van der Waals surface area (Å²) in [5.74, 6) is 0.0647. The molecular formula is C19H18I2N2O2. The summed E-state index contributed by atoms with van der Waals surface area (Å²) in [7, 11) is 0. The van der Waals surface area contributed by atoms with Gasteiger partial charge in [-0.3, -0.25) is 9.59 Å². The molecule has 6 heteroatoms. The van der Waals surface area contributed by atoms with Gasteiger partial charge in [0.25, 0.3) is 11.8 Å². The topological polar surface area (TPSA) is 40.6 Å². The van der Waals surface area contributed by atoms with Crippen molar-refractivity contribution in [1.29, 1.82) is 0 Å². The molecule has 25 heavy (non-hydrogen) atoms. The predicted octanol–water partition coefficient (Wildman–Crippen LogP) is 3.88. The van der Waals surface area contributed by atoms with Gasteiger partial charge in [-0.25, -0.2) is 0 Å². The number of carbonyl (C=O) groups excluding carboxylic acids is 2. The van der Waals surface area contributed by atoms with Crippen LogP contribution >= 0.6 is 45.2 Å². The first-order chi connectivity index (χ1) is 12.0. The summed E-state index contributed by atoms with van der Waals surface area (Å²) in [5.41, 5.74) is 1.40. The molecule has 0 saturated carbocycles. The lowest BCUT2D eigenvalue weighted by Gasteiger charge is -2.40. The number of amides is 2. The van der Waals surface area contributed by atoms with Gasteiger partial charge in [0.1, 0.15) is 0 Å². The third-order valence-corrected chi connectivity index (χ3v) is 5.80. The van der Waals surface area contributed by atoms with E-state index in [1.165, 1.54) is 0 Å². The van der Waals surface area contributed by atoms with E-state index in [-0.39, 0.29) is 17.9 Å². The van der Waals surface area contributed by atoms with Crippen molar-refractivity contribution in [3.05, 3.63) is 66.8 Å². The van der Waals surface area contributed by atoms with Crippen molar-refractivity contribution in [2.75, 3.05) is 19.6 Å². The standard InChI is InChI=1S/C19H18I2N2O2/c1-13-12-22(18(24)14-2-6-16(20)7-3-14)10-11-23(13)19(25)15-4-8-17(21)9-5-15/h2-9,13H,10-12H2,1H3. The molecule has 4 nitrogen and oxygen atoms in total. The Balaban J connectivity index is 1.67. The fourth-order valence-electron chi connectivity index (χ4n) is 2.98. The van der Waals surface area contributed by atoms with Gasteiger partial charge in [0.05, 0.1) is 0 Å². The molecule has 0 aromatic heterocycles.